The van der Waals surface area contributed by atoms with E-state index in [4.69, 9.17) is 0 Å². The molecule has 0 radical (unpaired) electrons. The summed E-state index contributed by atoms with van der Waals surface area (Å²) in [7, 11) is -1.18. The molecule has 1 aliphatic heterocycles. The lowest BCUT2D eigenvalue weighted by Crippen LogP contribution is -2.39. The van der Waals surface area contributed by atoms with Gasteiger partial charge in [0.05, 0.1) is 16.3 Å². The molecular weight excluding hydrogens is 248 g/mol. The molecule has 0 bridgehead atoms. The third kappa shape index (κ3) is 2.37. The molecule has 0 unspecified atom stereocenters. The van der Waals surface area contributed by atoms with Crippen molar-refractivity contribution in [2.45, 2.75) is 18.2 Å². The summed E-state index contributed by atoms with van der Waals surface area (Å²) in [6.07, 6.45) is 0.856. The van der Waals surface area contributed by atoms with Crippen molar-refractivity contribution in [2.24, 2.45) is 0 Å². The minimum Gasteiger partial charge on any atom is -0.368 e. The number of benzene rings is 1. The summed E-state index contributed by atoms with van der Waals surface area (Å²) in [5.41, 5.74) is 2.04. The molecule has 1 aromatic rings. The van der Waals surface area contributed by atoms with Crippen molar-refractivity contribution in [2.75, 3.05) is 37.3 Å². The van der Waals surface area contributed by atoms with Gasteiger partial charge in [-0.1, -0.05) is 19.1 Å². The number of nitrogens with one attached hydrogen (secondary N) is 1. The van der Waals surface area contributed by atoms with Crippen LogP contribution < -0.4 is 10.2 Å². The highest BCUT2D eigenvalue weighted by Gasteiger charge is 2.29. The van der Waals surface area contributed by atoms with Gasteiger partial charge >= 0.3 is 0 Å². The van der Waals surface area contributed by atoms with Crippen molar-refractivity contribution in [1.82, 2.24) is 5.32 Å². The number of hydrogen-bond acceptors (Lipinski definition) is 4. The monoisotopic (exact) mass is 268 g/mol. The Morgan fingerprint density at radius 2 is 2.17 bits per heavy atom. The van der Waals surface area contributed by atoms with Gasteiger partial charge in [-0.2, -0.15) is 0 Å². The van der Waals surface area contributed by atoms with Gasteiger partial charge in [-0.05, 0) is 25.1 Å². The normalized spacial score (nSPS) is 17.6. The Morgan fingerprint density at radius 1 is 1.39 bits per heavy atom. The second-order valence-electron chi connectivity index (χ2n) is 4.53. The lowest BCUT2D eigenvalue weighted by atomic mass is 10.1. The van der Waals surface area contributed by atoms with Crippen LogP contribution in [0.1, 0.15) is 12.5 Å². The van der Waals surface area contributed by atoms with Crippen molar-refractivity contribution in [3.63, 3.8) is 0 Å². The summed E-state index contributed by atoms with van der Waals surface area (Å²) >= 11 is 0. The number of para-hydroxylation sites is 1. The third-order valence-electron chi connectivity index (χ3n) is 3.38. The van der Waals surface area contributed by atoms with E-state index in [-0.39, 0.29) is 5.75 Å². The van der Waals surface area contributed by atoms with E-state index >= 15 is 0 Å². The maximum absolute atomic E-state index is 12.1. The van der Waals surface area contributed by atoms with E-state index in [9.17, 15) is 8.42 Å². The van der Waals surface area contributed by atoms with Gasteiger partial charge in [0.15, 0.2) is 9.84 Å². The molecule has 1 aromatic carbocycles. The number of aryl methyl sites for hydroxylation is 1. The number of likely N-dealkylation sites (N-methyl/N-ethyl adjacent to an activating group) is 1. The predicted octanol–water partition coefficient (Wildman–Crippen LogP) is 1.06. The number of nitrogens with zero attached hydrogens (tertiary/aromatic N) is 1. The van der Waals surface area contributed by atoms with Crippen LogP contribution in [-0.2, 0) is 16.3 Å². The van der Waals surface area contributed by atoms with Crippen LogP contribution in [0, 0.1) is 0 Å². The summed E-state index contributed by atoms with van der Waals surface area (Å²) in [5.74, 6) is 0.219. The van der Waals surface area contributed by atoms with Gasteiger partial charge in [0.2, 0.25) is 0 Å². The highest BCUT2D eigenvalue weighted by atomic mass is 32.2. The van der Waals surface area contributed by atoms with Crippen LogP contribution in [0.2, 0.25) is 0 Å². The van der Waals surface area contributed by atoms with E-state index in [0.29, 0.717) is 11.4 Å². The molecule has 0 saturated carbocycles. The zero-order chi connectivity index (χ0) is 13.2. The van der Waals surface area contributed by atoms with Crippen LogP contribution in [0.15, 0.2) is 23.1 Å². The van der Waals surface area contributed by atoms with Crippen molar-refractivity contribution in [1.29, 1.82) is 0 Å². The van der Waals surface area contributed by atoms with Crippen molar-refractivity contribution < 1.29 is 8.42 Å². The van der Waals surface area contributed by atoms with Crippen LogP contribution in [0.4, 0.5) is 5.69 Å². The molecule has 0 aromatic heterocycles. The third-order valence-corrected chi connectivity index (χ3v) is 5.10. The second-order valence-corrected chi connectivity index (χ2v) is 6.60. The van der Waals surface area contributed by atoms with E-state index < -0.39 is 9.84 Å². The highest BCUT2D eigenvalue weighted by Crippen LogP contribution is 2.33. The first-order valence-corrected chi connectivity index (χ1v) is 7.99. The number of sulfone groups is 1. The fraction of sp³-hybridized carbons (Fsp3) is 0.538. The first-order chi connectivity index (χ1) is 8.60. The Balaban J connectivity index is 2.49. The number of rotatable bonds is 4. The van der Waals surface area contributed by atoms with Crippen molar-refractivity contribution in [3.8, 4) is 0 Å². The molecule has 100 valence electrons. The molecule has 0 amide bonds. The molecule has 18 heavy (non-hydrogen) atoms. The van der Waals surface area contributed by atoms with Gasteiger partial charge in [0.1, 0.15) is 0 Å². The fourth-order valence-corrected chi connectivity index (χ4v) is 3.91. The van der Waals surface area contributed by atoms with Crippen molar-refractivity contribution in [3.05, 3.63) is 23.8 Å². The highest BCUT2D eigenvalue weighted by molar-refractivity contribution is 7.91. The lowest BCUT2D eigenvalue weighted by molar-refractivity contribution is 0.588. The molecule has 1 heterocycles. The molecule has 1 aliphatic rings. The Bertz CT molecular complexity index is 526. The van der Waals surface area contributed by atoms with E-state index in [1.165, 1.54) is 0 Å². The lowest BCUT2D eigenvalue weighted by Gasteiger charge is -2.32. The summed E-state index contributed by atoms with van der Waals surface area (Å²) < 4.78 is 24.2. The SMILES string of the molecule is CCc1cccc2c1N(CCNC)CCS2(=O)=O. The van der Waals surface area contributed by atoms with Gasteiger partial charge in [-0.3, -0.25) is 0 Å². The van der Waals surface area contributed by atoms with Gasteiger partial charge < -0.3 is 10.2 Å². The summed E-state index contributed by atoms with van der Waals surface area (Å²) in [6.45, 7) is 4.36. The molecule has 0 atom stereocenters. The van der Waals surface area contributed by atoms with Gasteiger partial charge in [0, 0.05) is 19.6 Å². The van der Waals surface area contributed by atoms with Gasteiger partial charge in [-0.15, -0.1) is 0 Å². The Kier molecular flexibility index (Phi) is 3.92. The quantitative estimate of drug-likeness (QED) is 0.887. The number of anilines is 1. The van der Waals surface area contributed by atoms with Gasteiger partial charge in [0.25, 0.3) is 0 Å². The van der Waals surface area contributed by atoms with Crippen molar-refractivity contribution >= 4 is 15.5 Å². The zero-order valence-electron chi connectivity index (χ0n) is 10.9. The maximum atomic E-state index is 12.1. The minimum atomic E-state index is -3.09. The summed E-state index contributed by atoms with van der Waals surface area (Å²) in [5, 5.41) is 3.11. The largest absolute Gasteiger partial charge is 0.368 e. The Labute approximate surface area is 109 Å². The van der Waals surface area contributed by atoms with Crippen LogP contribution in [0.25, 0.3) is 0 Å². The second kappa shape index (κ2) is 5.28. The zero-order valence-corrected chi connectivity index (χ0v) is 11.8. The van der Waals surface area contributed by atoms with Crippen LogP contribution in [0.5, 0.6) is 0 Å². The molecule has 2 rings (SSSR count). The minimum absolute atomic E-state index is 0.219. The molecule has 0 aliphatic carbocycles. The molecule has 0 spiro atoms. The number of hydrogen-bond donors (Lipinski definition) is 1. The van der Waals surface area contributed by atoms with E-state index in [0.717, 1.165) is 30.8 Å². The number of fused-ring (bicyclic) bond motifs is 1. The van der Waals surface area contributed by atoms with E-state index in [2.05, 4.69) is 17.1 Å². The van der Waals surface area contributed by atoms with Crippen LogP contribution in [0.3, 0.4) is 0 Å². The molecule has 1 N–H and O–H groups in total. The first kappa shape index (κ1) is 13.4. The Hall–Kier alpha value is -1.07. The molecule has 0 fully saturated rings. The van der Waals surface area contributed by atoms with Gasteiger partial charge in [-0.25, -0.2) is 8.42 Å². The topological polar surface area (TPSA) is 49.4 Å². The molecule has 0 saturated heterocycles. The fourth-order valence-electron chi connectivity index (χ4n) is 2.39. The molecule has 5 heteroatoms. The van der Waals surface area contributed by atoms with Crippen LogP contribution >= 0.6 is 0 Å². The standard InChI is InChI=1S/C13H20N2O2S/c1-3-11-5-4-6-12-13(11)15(8-7-14-2)9-10-18(12,16)17/h4-6,14H,3,7-10H2,1-2H3. The average molecular weight is 268 g/mol. The average Bonchev–Trinajstić information content (AvgIpc) is 2.37. The van der Waals surface area contributed by atoms with E-state index in [1.54, 1.807) is 6.07 Å². The summed E-state index contributed by atoms with van der Waals surface area (Å²) in [6, 6.07) is 5.60. The Morgan fingerprint density at radius 3 is 2.83 bits per heavy atom. The molecular formula is C13H20N2O2S. The smallest absolute Gasteiger partial charge is 0.182 e. The first-order valence-electron chi connectivity index (χ1n) is 6.34. The summed E-state index contributed by atoms with van der Waals surface area (Å²) in [4.78, 5) is 2.69. The maximum Gasteiger partial charge on any atom is 0.182 e. The predicted molar refractivity (Wildman–Crippen MR) is 74.0 cm³/mol. The molecule has 4 nitrogen and oxygen atoms in total. The van der Waals surface area contributed by atoms with Crippen LogP contribution in [-0.4, -0.2) is 40.9 Å². The van der Waals surface area contributed by atoms with E-state index in [1.807, 2.05) is 19.2 Å².